The molecule has 0 saturated carbocycles. The van der Waals surface area contributed by atoms with Gasteiger partial charge in [-0.3, -0.25) is 0 Å². The summed E-state index contributed by atoms with van der Waals surface area (Å²) in [6.07, 6.45) is 1.41. The Kier molecular flexibility index (Phi) is 1.42. The average Bonchev–Trinajstić information content (AvgIpc) is 2.34. The Morgan fingerprint density at radius 2 is 2.18 bits per heavy atom. The molecule has 1 aromatic carbocycles. The van der Waals surface area contributed by atoms with E-state index in [4.69, 9.17) is 0 Å². The predicted octanol–water partition coefficient (Wildman–Crippen LogP) is 2.50. The number of hydrogen-bond acceptors (Lipinski definition) is 1. The Labute approximate surface area is 71.3 Å². The van der Waals surface area contributed by atoms with Crippen LogP contribution in [0.1, 0.15) is 0 Å². The third-order valence-corrected chi connectivity index (χ3v) is 2.00. The van der Waals surface area contributed by atoms with E-state index >= 15 is 0 Å². The second-order valence-corrected chi connectivity index (χ2v) is 2.98. The van der Waals surface area contributed by atoms with Gasteiger partial charge >= 0.3 is 0 Å². The molecule has 2 nitrogen and oxygen atoms in total. The van der Waals surface area contributed by atoms with Crippen LogP contribution in [-0.4, -0.2) is 6.34 Å². The number of benzene rings is 1. The summed E-state index contributed by atoms with van der Waals surface area (Å²) in [6.45, 7) is 0. The molecule has 11 heavy (non-hydrogen) atoms. The molecule has 1 aliphatic heterocycles. The predicted molar refractivity (Wildman–Crippen MR) is 44.0 cm³/mol. The van der Waals surface area contributed by atoms with E-state index in [9.17, 15) is 4.39 Å². The van der Waals surface area contributed by atoms with Crippen LogP contribution in [0, 0.1) is 5.82 Å². The highest BCUT2D eigenvalue weighted by atomic mass is 79.9. The van der Waals surface area contributed by atoms with E-state index < -0.39 is 0 Å². The van der Waals surface area contributed by atoms with Crippen LogP contribution in [0.5, 0.6) is 0 Å². The van der Waals surface area contributed by atoms with Gasteiger partial charge in [0, 0.05) is 10.5 Å². The van der Waals surface area contributed by atoms with Gasteiger partial charge in [-0.1, -0.05) is 0 Å². The number of hydrogen-bond donors (Lipinski definition) is 0. The van der Waals surface area contributed by atoms with Gasteiger partial charge in [0.1, 0.15) is 17.8 Å². The lowest BCUT2D eigenvalue weighted by Gasteiger charge is -1.98. The van der Waals surface area contributed by atoms with E-state index in [-0.39, 0.29) is 5.82 Å². The molecule has 0 saturated heterocycles. The molecule has 0 N–H and O–H groups in total. The maximum absolute atomic E-state index is 12.7. The maximum atomic E-state index is 12.7. The smallest absolute Gasteiger partial charge is 0.126 e. The number of halogens is 2. The summed E-state index contributed by atoms with van der Waals surface area (Å²) in [5.74, 6) is -0.301. The first-order valence-electron chi connectivity index (χ1n) is 3.00. The molecule has 0 amide bonds. The molecule has 1 aromatic rings. The van der Waals surface area contributed by atoms with Crippen LogP contribution >= 0.6 is 15.9 Å². The summed E-state index contributed by atoms with van der Waals surface area (Å²) in [4.78, 5) is 3.86. The van der Waals surface area contributed by atoms with Gasteiger partial charge in [-0.05, 0) is 22.0 Å². The van der Waals surface area contributed by atoms with Gasteiger partial charge in [0.2, 0.25) is 0 Å². The molecule has 1 radical (unpaired) electrons. The molecule has 0 aromatic heterocycles. The third-order valence-electron chi connectivity index (χ3n) is 1.39. The molecule has 55 valence electrons. The van der Waals surface area contributed by atoms with E-state index in [2.05, 4.69) is 26.2 Å². The van der Waals surface area contributed by atoms with Crippen molar-refractivity contribution in [2.75, 3.05) is 0 Å². The van der Waals surface area contributed by atoms with E-state index in [1.54, 1.807) is 0 Å². The van der Waals surface area contributed by atoms with Crippen molar-refractivity contribution in [2.24, 2.45) is 4.99 Å². The van der Waals surface area contributed by atoms with Gasteiger partial charge < -0.3 is 0 Å². The lowest BCUT2D eigenvalue weighted by atomic mass is 10.3. The molecule has 1 aliphatic rings. The fourth-order valence-electron chi connectivity index (χ4n) is 0.927. The lowest BCUT2D eigenvalue weighted by molar-refractivity contribution is 0.627. The van der Waals surface area contributed by atoms with Gasteiger partial charge in [0.05, 0.1) is 5.69 Å². The molecule has 1 heterocycles. The van der Waals surface area contributed by atoms with E-state index in [1.165, 1.54) is 18.5 Å². The molecule has 2 rings (SSSR count). The van der Waals surface area contributed by atoms with Crippen molar-refractivity contribution >= 4 is 33.6 Å². The van der Waals surface area contributed by atoms with Crippen LogP contribution in [0.25, 0.3) is 0 Å². The molecule has 0 atom stereocenters. The quantitative estimate of drug-likeness (QED) is 0.634. The maximum Gasteiger partial charge on any atom is 0.126 e. The largest absolute Gasteiger partial charge is 0.235 e. The van der Waals surface area contributed by atoms with Crippen LogP contribution < -0.4 is 5.32 Å². The van der Waals surface area contributed by atoms with Gasteiger partial charge in [-0.15, -0.1) is 0 Å². The van der Waals surface area contributed by atoms with Crippen LogP contribution in [0.4, 0.5) is 15.8 Å². The fraction of sp³-hybridized carbons (Fsp3) is 0. The lowest BCUT2D eigenvalue weighted by Crippen LogP contribution is -1.86. The summed E-state index contributed by atoms with van der Waals surface area (Å²) >= 11 is 3.18. The standard InChI is InChI=1S/C7H3BrFN2/c8-5-1-4(9)2-6-7(5)11-3-10-6/h1-3H. The Balaban J connectivity index is 2.66. The monoisotopic (exact) mass is 213 g/mol. The highest BCUT2D eigenvalue weighted by molar-refractivity contribution is 9.10. The van der Waals surface area contributed by atoms with Crippen molar-refractivity contribution < 1.29 is 4.39 Å². The molecule has 0 fully saturated rings. The summed E-state index contributed by atoms with van der Waals surface area (Å²) in [7, 11) is 0. The minimum absolute atomic E-state index is 0.301. The molecular formula is C7H3BrFN2. The third kappa shape index (κ3) is 1.03. The zero-order chi connectivity index (χ0) is 7.84. The van der Waals surface area contributed by atoms with E-state index in [0.29, 0.717) is 15.8 Å². The molecule has 4 heteroatoms. The summed E-state index contributed by atoms with van der Waals surface area (Å²) in [6, 6.07) is 2.73. The minimum Gasteiger partial charge on any atom is -0.235 e. The van der Waals surface area contributed by atoms with E-state index in [1.807, 2.05) is 0 Å². The molecule has 0 aliphatic carbocycles. The topological polar surface area (TPSA) is 26.5 Å². The Bertz CT molecular complexity index is 335. The second kappa shape index (κ2) is 2.30. The van der Waals surface area contributed by atoms with Crippen LogP contribution in [0.3, 0.4) is 0 Å². The number of fused-ring (bicyclic) bond motifs is 1. The van der Waals surface area contributed by atoms with Gasteiger partial charge in [0.25, 0.3) is 0 Å². The fourth-order valence-corrected chi connectivity index (χ4v) is 1.45. The summed E-state index contributed by atoms with van der Waals surface area (Å²) in [5, 5.41) is 3.93. The van der Waals surface area contributed by atoms with Gasteiger partial charge in [-0.2, -0.15) is 0 Å². The SMILES string of the molecule is Fc1cc(Br)c2c(c1)N=C[N]2. The molecule has 0 unspecified atom stereocenters. The van der Waals surface area contributed by atoms with Crippen molar-refractivity contribution in [3.05, 3.63) is 22.4 Å². The number of rotatable bonds is 0. The zero-order valence-corrected chi connectivity index (χ0v) is 6.97. The van der Waals surface area contributed by atoms with Crippen LogP contribution in [-0.2, 0) is 0 Å². The Morgan fingerprint density at radius 3 is 3.00 bits per heavy atom. The Hall–Kier alpha value is -0.900. The summed E-state index contributed by atoms with van der Waals surface area (Å²) in [5.41, 5.74) is 1.28. The Morgan fingerprint density at radius 1 is 1.36 bits per heavy atom. The first kappa shape index (κ1) is 6.79. The van der Waals surface area contributed by atoms with Crippen molar-refractivity contribution in [1.82, 2.24) is 5.32 Å². The number of nitrogens with zero attached hydrogens (tertiary/aromatic N) is 2. The van der Waals surface area contributed by atoms with Gasteiger partial charge in [-0.25, -0.2) is 14.7 Å². The molecule has 0 bridgehead atoms. The number of aliphatic imine (C=N–C) groups is 1. The average molecular weight is 214 g/mol. The van der Waals surface area contributed by atoms with Crippen molar-refractivity contribution in [2.45, 2.75) is 0 Å². The highest BCUT2D eigenvalue weighted by Crippen LogP contribution is 2.36. The minimum atomic E-state index is -0.301. The van der Waals surface area contributed by atoms with Crippen LogP contribution in [0.2, 0.25) is 0 Å². The van der Waals surface area contributed by atoms with Crippen molar-refractivity contribution in [1.29, 1.82) is 0 Å². The van der Waals surface area contributed by atoms with Crippen LogP contribution in [0.15, 0.2) is 21.6 Å². The normalized spacial score (nSPS) is 12.9. The van der Waals surface area contributed by atoms with Crippen molar-refractivity contribution in [3.63, 3.8) is 0 Å². The molecule has 0 spiro atoms. The van der Waals surface area contributed by atoms with E-state index in [0.717, 1.165) is 0 Å². The highest BCUT2D eigenvalue weighted by Gasteiger charge is 2.12. The second-order valence-electron chi connectivity index (χ2n) is 2.13. The first-order chi connectivity index (χ1) is 5.27. The molecular weight excluding hydrogens is 211 g/mol. The van der Waals surface area contributed by atoms with Gasteiger partial charge in [0.15, 0.2) is 0 Å². The first-order valence-corrected chi connectivity index (χ1v) is 3.79. The van der Waals surface area contributed by atoms with Crippen molar-refractivity contribution in [3.8, 4) is 0 Å². The summed E-state index contributed by atoms with van der Waals surface area (Å²) < 4.78 is 13.3. The zero-order valence-electron chi connectivity index (χ0n) is 5.38.